The molecule has 0 unspecified atom stereocenters. The molecule has 1 aliphatic heterocycles. The smallest absolute Gasteiger partial charge is 0.220 e. The van der Waals surface area contributed by atoms with Crippen LogP contribution in [0.25, 0.3) is 0 Å². The maximum absolute atomic E-state index is 12.1. The SMILES string of the molecule is O=C(CCc1ccccc1Cl)NCc1ccc(N2CCCCC2)cc1. The van der Waals surface area contributed by atoms with Gasteiger partial charge in [0.2, 0.25) is 5.91 Å². The van der Waals surface area contributed by atoms with Gasteiger partial charge in [-0.25, -0.2) is 0 Å². The molecule has 25 heavy (non-hydrogen) atoms. The van der Waals surface area contributed by atoms with Crippen LogP contribution in [0.4, 0.5) is 5.69 Å². The molecule has 0 atom stereocenters. The van der Waals surface area contributed by atoms with E-state index in [2.05, 4.69) is 34.5 Å². The number of piperidine rings is 1. The summed E-state index contributed by atoms with van der Waals surface area (Å²) in [7, 11) is 0. The molecule has 0 radical (unpaired) electrons. The van der Waals surface area contributed by atoms with Gasteiger partial charge in [0.1, 0.15) is 0 Å². The second kappa shape index (κ2) is 8.91. The summed E-state index contributed by atoms with van der Waals surface area (Å²) < 4.78 is 0. The second-order valence-corrected chi connectivity index (χ2v) is 6.99. The molecular weight excluding hydrogens is 332 g/mol. The Balaban J connectivity index is 1.44. The number of carbonyl (C=O) groups is 1. The van der Waals surface area contributed by atoms with Crippen LogP contribution in [0.2, 0.25) is 5.02 Å². The number of nitrogens with one attached hydrogen (secondary N) is 1. The predicted octanol–water partition coefficient (Wildman–Crippen LogP) is 4.58. The molecule has 2 aromatic rings. The molecule has 0 saturated carbocycles. The highest BCUT2D eigenvalue weighted by Gasteiger charge is 2.10. The predicted molar refractivity (Wildman–Crippen MR) is 104 cm³/mol. The van der Waals surface area contributed by atoms with E-state index in [-0.39, 0.29) is 5.91 Å². The van der Waals surface area contributed by atoms with E-state index in [0.29, 0.717) is 19.4 Å². The van der Waals surface area contributed by atoms with Gasteiger partial charge in [-0.3, -0.25) is 4.79 Å². The summed E-state index contributed by atoms with van der Waals surface area (Å²) in [5, 5.41) is 3.72. The number of benzene rings is 2. The minimum atomic E-state index is 0.0556. The zero-order valence-corrected chi connectivity index (χ0v) is 15.3. The molecule has 1 heterocycles. The van der Waals surface area contributed by atoms with Gasteiger partial charge in [0, 0.05) is 36.8 Å². The second-order valence-electron chi connectivity index (χ2n) is 6.58. The highest BCUT2D eigenvalue weighted by Crippen LogP contribution is 2.20. The lowest BCUT2D eigenvalue weighted by atomic mass is 10.1. The van der Waals surface area contributed by atoms with E-state index >= 15 is 0 Å². The van der Waals surface area contributed by atoms with E-state index < -0.39 is 0 Å². The van der Waals surface area contributed by atoms with E-state index in [0.717, 1.165) is 29.2 Å². The highest BCUT2D eigenvalue weighted by atomic mass is 35.5. The number of nitrogens with zero attached hydrogens (tertiary/aromatic N) is 1. The number of aryl methyl sites for hydroxylation is 1. The summed E-state index contributed by atoms with van der Waals surface area (Å²) in [5.41, 5.74) is 3.44. The molecule has 4 heteroatoms. The molecule has 0 spiro atoms. The van der Waals surface area contributed by atoms with Gasteiger partial charge in [-0.05, 0) is 55.0 Å². The summed E-state index contributed by atoms with van der Waals surface area (Å²) in [4.78, 5) is 14.5. The van der Waals surface area contributed by atoms with Crippen molar-refractivity contribution in [2.45, 2.75) is 38.6 Å². The highest BCUT2D eigenvalue weighted by molar-refractivity contribution is 6.31. The number of rotatable bonds is 6. The topological polar surface area (TPSA) is 32.3 Å². The molecule has 2 aromatic carbocycles. The van der Waals surface area contributed by atoms with Gasteiger partial charge in [-0.15, -0.1) is 0 Å². The molecule has 0 aliphatic carbocycles. The van der Waals surface area contributed by atoms with Crippen LogP contribution in [0.15, 0.2) is 48.5 Å². The van der Waals surface area contributed by atoms with Gasteiger partial charge in [-0.1, -0.05) is 41.9 Å². The van der Waals surface area contributed by atoms with Gasteiger partial charge >= 0.3 is 0 Å². The average Bonchev–Trinajstić information content (AvgIpc) is 2.67. The van der Waals surface area contributed by atoms with Crippen molar-refractivity contribution in [3.8, 4) is 0 Å². The van der Waals surface area contributed by atoms with Crippen molar-refractivity contribution in [2.24, 2.45) is 0 Å². The molecule has 132 valence electrons. The molecular formula is C21H25ClN2O. The van der Waals surface area contributed by atoms with Crippen molar-refractivity contribution < 1.29 is 4.79 Å². The zero-order valence-electron chi connectivity index (χ0n) is 14.5. The molecule has 1 fully saturated rings. The third-order valence-electron chi connectivity index (χ3n) is 4.73. The first-order chi connectivity index (χ1) is 12.2. The van der Waals surface area contributed by atoms with Crippen LogP contribution in [-0.2, 0) is 17.8 Å². The van der Waals surface area contributed by atoms with Crippen LogP contribution in [0.3, 0.4) is 0 Å². The lowest BCUT2D eigenvalue weighted by Gasteiger charge is -2.28. The van der Waals surface area contributed by atoms with Gasteiger partial charge in [0.15, 0.2) is 0 Å². The maximum Gasteiger partial charge on any atom is 0.220 e. The Morgan fingerprint density at radius 1 is 1.00 bits per heavy atom. The quantitative estimate of drug-likeness (QED) is 0.821. The zero-order chi connectivity index (χ0) is 17.5. The molecule has 3 nitrogen and oxygen atoms in total. The van der Waals surface area contributed by atoms with Crippen molar-refractivity contribution in [1.82, 2.24) is 5.32 Å². The lowest BCUT2D eigenvalue weighted by molar-refractivity contribution is -0.121. The monoisotopic (exact) mass is 356 g/mol. The number of hydrogen-bond donors (Lipinski definition) is 1. The van der Waals surface area contributed by atoms with Crippen LogP contribution in [0.1, 0.15) is 36.8 Å². The number of anilines is 1. The third kappa shape index (κ3) is 5.23. The first-order valence-electron chi connectivity index (χ1n) is 9.06. The van der Waals surface area contributed by atoms with Gasteiger partial charge in [0.25, 0.3) is 0 Å². The van der Waals surface area contributed by atoms with Crippen LogP contribution in [0.5, 0.6) is 0 Å². The Morgan fingerprint density at radius 2 is 1.72 bits per heavy atom. The normalized spacial score (nSPS) is 14.4. The Kier molecular flexibility index (Phi) is 6.35. The number of hydrogen-bond acceptors (Lipinski definition) is 2. The number of carbonyl (C=O) groups excluding carboxylic acids is 1. The largest absolute Gasteiger partial charge is 0.372 e. The third-order valence-corrected chi connectivity index (χ3v) is 5.10. The fourth-order valence-electron chi connectivity index (χ4n) is 3.22. The molecule has 1 amide bonds. The van der Waals surface area contributed by atoms with Crippen LogP contribution in [-0.4, -0.2) is 19.0 Å². The van der Waals surface area contributed by atoms with E-state index in [1.807, 2.05) is 24.3 Å². The van der Waals surface area contributed by atoms with Gasteiger partial charge in [-0.2, -0.15) is 0 Å². The van der Waals surface area contributed by atoms with Crippen LogP contribution >= 0.6 is 11.6 Å². The Hall–Kier alpha value is -2.00. The van der Waals surface area contributed by atoms with E-state index in [4.69, 9.17) is 11.6 Å². The Bertz CT molecular complexity index is 693. The molecule has 0 aromatic heterocycles. The Labute approximate surface area is 155 Å². The first kappa shape index (κ1) is 17.8. The lowest BCUT2D eigenvalue weighted by Crippen LogP contribution is -2.29. The van der Waals surface area contributed by atoms with E-state index in [1.54, 1.807) is 0 Å². The maximum atomic E-state index is 12.1. The molecule has 0 bridgehead atoms. The molecule has 1 aliphatic rings. The molecule has 1 saturated heterocycles. The minimum Gasteiger partial charge on any atom is -0.372 e. The van der Waals surface area contributed by atoms with Gasteiger partial charge < -0.3 is 10.2 Å². The summed E-state index contributed by atoms with van der Waals surface area (Å²) in [6, 6.07) is 16.2. The van der Waals surface area contributed by atoms with Gasteiger partial charge in [0.05, 0.1) is 0 Å². The van der Waals surface area contributed by atoms with E-state index in [1.165, 1.54) is 24.9 Å². The summed E-state index contributed by atoms with van der Waals surface area (Å²) in [6.45, 7) is 2.87. The van der Waals surface area contributed by atoms with Crippen LogP contribution in [0, 0.1) is 0 Å². The van der Waals surface area contributed by atoms with Crippen molar-refractivity contribution in [3.63, 3.8) is 0 Å². The van der Waals surface area contributed by atoms with Crippen molar-refractivity contribution in [2.75, 3.05) is 18.0 Å². The Morgan fingerprint density at radius 3 is 2.44 bits per heavy atom. The van der Waals surface area contributed by atoms with Crippen molar-refractivity contribution >= 4 is 23.2 Å². The van der Waals surface area contributed by atoms with Crippen LogP contribution < -0.4 is 10.2 Å². The number of halogens is 1. The fourth-order valence-corrected chi connectivity index (χ4v) is 3.45. The standard InChI is InChI=1S/C21H25ClN2O/c22-20-7-3-2-6-18(20)10-13-21(25)23-16-17-8-11-19(12-9-17)24-14-4-1-5-15-24/h2-3,6-9,11-12H,1,4-5,10,13-16H2,(H,23,25). The average molecular weight is 357 g/mol. The number of amides is 1. The summed E-state index contributed by atoms with van der Waals surface area (Å²) in [5.74, 6) is 0.0556. The summed E-state index contributed by atoms with van der Waals surface area (Å²) in [6.07, 6.45) is 5.02. The summed E-state index contributed by atoms with van der Waals surface area (Å²) >= 11 is 6.12. The molecule has 1 N–H and O–H groups in total. The van der Waals surface area contributed by atoms with E-state index in [9.17, 15) is 4.79 Å². The van der Waals surface area contributed by atoms with Crippen molar-refractivity contribution in [3.05, 3.63) is 64.7 Å². The van der Waals surface area contributed by atoms with Crippen molar-refractivity contribution in [1.29, 1.82) is 0 Å². The first-order valence-corrected chi connectivity index (χ1v) is 9.44. The molecule has 3 rings (SSSR count). The minimum absolute atomic E-state index is 0.0556. The fraction of sp³-hybridized carbons (Fsp3) is 0.381.